The van der Waals surface area contributed by atoms with Gasteiger partial charge in [-0.1, -0.05) is 89.9 Å². The van der Waals surface area contributed by atoms with Gasteiger partial charge in [-0.3, -0.25) is 0 Å². The molecular formula is C27H28BrCl2NO. The van der Waals surface area contributed by atoms with Crippen molar-refractivity contribution in [2.24, 2.45) is 5.41 Å². The Bertz CT molecular complexity index is 1010. The molecular weight excluding hydrogens is 505 g/mol. The van der Waals surface area contributed by atoms with Gasteiger partial charge in [0.25, 0.3) is 0 Å². The van der Waals surface area contributed by atoms with Gasteiger partial charge in [-0.2, -0.15) is 0 Å². The average Bonchev–Trinajstić information content (AvgIpc) is 2.83. The second kappa shape index (κ2) is 9.12. The van der Waals surface area contributed by atoms with Gasteiger partial charge in [-0.15, -0.1) is 0 Å². The summed E-state index contributed by atoms with van der Waals surface area (Å²) in [6.45, 7) is 4.19. The van der Waals surface area contributed by atoms with Gasteiger partial charge in [-0.25, -0.2) is 0 Å². The SMILES string of the molecule is OC(c1ccccc1)(c1ccccc1)C12CC[N+](Cc3ccc(Cl)c(Cl)c3)(CC1)CC2.[Br-]. The minimum absolute atomic E-state index is 0. The molecule has 0 radical (unpaired) electrons. The highest BCUT2D eigenvalue weighted by molar-refractivity contribution is 6.42. The topological polar surface area (TPSA) is 20.2 Å². The third-order valence-corrected chi connectivity index (χ3v) is 8.59. The predicted octanol–water partition coefficient (Wildman–Crippen LogP) is 3.43. The Morgan fingerprint density at radius 2 is 1.25 bits per heavy atom. The highest BCUT2D eigenvalue weighted by Crippen LogP contribution is 2.57. The van der Waals surface area contributed by atoms with Crippen LogP contribution in [0.4, 0.5) is 0 Å². The molecule has 3 aliphatic heterocycles. The lowest BCUT2D eigenvalue weighted by atomic mass is 9.56. The second-order valence-corrected chi connectivity index (χ2v) is 10.2. The molecule has 6 rings (SSSR count). The Balaban J connectivity index is 0.00000245. The van der Waals surface area contributed by atoms with E-state index in [1.165, 1.54) is 5.56 Å². The maximum Gasteiger partial charge on any atom is 0.121 e. The van der Waals surface area contributed by atoms with Crippen molar-refractivity contribution in [3.05, 3.63) is 106 Å². The molecule has 0 atom stereocenters. The van der Waals surface area contributed by atoms with Crippen LogP contribution in [0.15, 0.2) is 78.9 Å². The predicted molar refractivity (Wildman–Crippen MR) is 127 cm³/mol. The molecule has 2 bridgehead atoms. The van der Waals surface area contributed by atoms with E-state index >= 15 is 0 Å². The largest absolute Gasteiger partial charge is 1.00 e. The first-order valence-electron chi connectivity index (χ1n) is 11.1. The van der Waals surface area contributed by atoms with E-state index in [2.05, 4.69) is 30.3 Å². The molecule has 3 aliphatic rings. The lowest BCUT2D eigenvalue weighted by molar-refractivity contribution is -0.958. The lowest BCUT2D eigenvalue weighted by Crippen LogP contribution is -3.00. The first-order chi connectivity index (χ1) is 15.0. The van der Waals surface area contributed by atoms with Crippen molar-refractivity contribution in [2.75, 3.05) is 19.6 Å². The number of hydrogen-bond donors (Lipinski definition) is 1. The minimum Gasteiger partial charge on any atom is -1.00 e. The summed E-state index contributed by atoms with van der Waals surface area (Å²) in [6.07, 6.45) is 3.03. The molecule has 3 aromatic carbocycles. The van der Waals surface area contributed by atoms with Crippen LogP contribution in [0.3, 0.4) is 0 Å². The summed E-state index contributed by atoms with van der Waals surface area (Å²) in [5, 5.41) is 13.7. The smallest absolute Gasteiger partial charge is 0.121 e. The Morgan fingerprint density at radius 3 is 1.72 bits per heavy atom. The molecule has 0 amide bonds. The van der Waals surface area contributed by atoms with E-state index in [0.717, 1.165) is 61.1 Å². The quantitative estimate of drug-likeness (QED) is 0.499. The van der Waals surface area contributed by atoms with Gasteiger partial charge >= 0.3 is 0 Å². The number of rotatable bonds is 5. The van der Waals surface area contributed by atoms with Crippen LogP contribution in [0.2, 0.25) is 10.0 Å². The van der Waals surface area contributed by atoms with Gasteiger partial charge < -0.3 is 26.6 Å². The zero-order valence-corrected chi connectivity index (χ0v) is 21.1. The Hall–Kier alpha value is -1.36. The van der Waals surface area contributed by atoms with Gasteiger partial charge in [0, 0.05) is 30.2 Å². The van der Waals surface area contributed by atoms with Crippen molar-refractivity contribution >= 4 is 23.2 Å². The van der Waals surface area contributed by atoms with E-state index in [4.69, 9.17) is 23.2 Å². The fraction of sp³-hybridized carbons (Fsp3) is 0.333. The van der Waals surface area contributed by atoms with Crippen LogP contribution in [0.1, 0.15) is 36.0 Å². The van der Waals surface area contributed by atoms with Crippen molar-refractivity contribution in [1.82, 2.24) is 0 Å². The monoisotopic (exact) mass is 531 g/mol. The summed E-state index contributed by atoms with van der Waals surface area (Å²) < 4.78 is 1.07. The van der Waals surface area contributed by atoms with E-state index in [9.17, 15) is 5.11 Å². The van der Waals surface area contributed by atoms with E-state index in [0.29, 0.717) is 10.0 Å². The molecule has 32 heavy (non-hydrogen) atoms. The average molecular weight is 533 g/mol. The van der Waals surface area contributed by atoms with Gasteiger partial charge in [0.1, 0.15) is 12.1 Å². The van der Waals surface area contributed by atoms with Crippen LogP contribution in [-0.2, 0) is 12.1 Å². The molecule has 0 aliphatic carbocycles. The fourth-order valence-electron chi connectivity index (χ4n) is 6.01. The van der Waals surface area contributed by atoms with Crippen LogP contribution in [-0.4, -0.2) is 29.2 Å². The number of benzene rings is 3. The summed E-state index contributed by atoms with van der Waals surface area (Å²) in [4.78, 5) is 0. The summed E-state index contributed by atoms with van der Waals surface area (Å²) in [5.41, 5.74) is 2.13. The van der Waals surface area contributed by atoms with Crippen molar-refractivity contribution < 1.29 is 26.6 Å². The summed E-state index contributed by atoms with van der Waals surface area (Å²) in [7, 11) is 0. The van der Waals surface area contributed by atoms with Gasteiger partial charge in [0.05, 0.1) is 29.7 Å². The van der Waals surface area contributed by atoms with Crippen LogP contribution < -0.4 is 17.0 Å². The maximum absolute atomic E-state index is 12.5. The molecule has 1 N–H and O–H groups in total. The van der Waals surface area contributed by atoms with Crippen LogP contribution in [0.25, 0.3) is 0 Å². The number of aliphatic hydroxyl groups is 1. The molecule has 0 unspecified atom stereocenters. The third kappa shape index (κ3) is 3.93. The molecule has 0 saturated carbocycles. The van der Waals surface area contributed by atoms with E-state index in [-0.39, 0.29) is 22.4 Å². The maximum atomic E-state index is 12.5. The molecule has 168 valence electrons. The molecule has 3 saturated heterocycles. The van der Waals surface area contributed by atoms with E-state index in [1.54, 1.807) is 0 Å². The molecule has 3 aromatic rings. The van der Waals surface area contributed by atoms with Gasteiger partial charge in [-0.05, 0) is 23.3 Å². The normalized spacial score (nSPS) is 24.7. The van der Waals surface area contributed by atoms with Crippen LogP contribution in [0, 0.1) is 5.41 Å². The number of nitrogens with zero attached hydrogens (tertiary/aromatic N) is 1. The van der Waals surface area contributed by atoms with Crippen molar-refractivity contribution in [3.8, 4) is 0 Å². The second-order valence-electron chi connectivity index (χ2n) is 9.39. The number of hydrogen-bond acceptors (Lipinski definition) is 1. The zero-order chi connectivity index (χ0) is 21.5. The summed E-state index contributed by atoms with van der Waals surface area (Å²) in [5.74, 6) is 0. The molecule has 2 nitrogen and oxygen atoms in total. The highest BCUT2D eigenvalue weighted by atomic mass is 79.9. The fourth-order valence-corrected chi connectivity index (χ4v) is 6.33. The van der Waals surface area contributed by atoms with E-state index < -0.39 is 5.60 Å². The Labute approximate surface area is 211 Å². The first kappa shape index (κ1) is 23.8. The van der Waals surface area contributed by atoms with Gasteiger partial charge in [0.15, 0.2) is 0 Å². The number of halogens is 3. The minimum atomic E-state index is -0.977. The number of fused-ring (bicyclic) bond motifs is 3. The number of piperidine rings is 3. The summed E-state index contributed by atoms with van der Waals surface area (Å²) >= 11 is 12.4. The molecule has 3 fully saturated rings. The highest BCUT2D eigenvalue weighted by Gasteiger charge is 2.60. The first-order valence-corrected chi connectivity index (χ1v) is 11.8. The van der Waals surface area contributed by atoms with Crippen molar-refractivity contribution in [2.45, 2.75) is 31.4 Å². The van der Waals surface area contributed by atoms with Crippen molar-refractivity contribution in [3.63, 3.8) is 0 Å². The summed E-state index contributed by atoms with van der Waals surface area (Å²) in [6, 6.07) is 26.6. The van der Waals surface area contributed by atoms with Gasteiger partial charge in [0.2, 0.25) is 0 Å². The van der Waals surface area contributed by atoms with Crippen LogP contribution in [0.5, 0.6) is 0 Å². The standard InChI is InChI=1S/C27H28Cl2NO.BrH/c28-24-12-11-21(19-25(24)29)20-30-16-13-26(14-17-30,15-18-30)27(31,22-7-3-1-4-8-22)23-9-5-2-6-10-23;/h1-12,19,31H,13-18,20H2;1H/q+1;/p-1. The molecule has 5 heteroatoms. The Kier molecular flexibility index (Phi) is 6.78. The van der Waals surface area contributed by atoms with Crippen LogP contribution >= 0.6 is 23.2 Å². The molecule has 0 spiro atoms. The lowest BCUT2D eigenvalue weighted by Gasteiger charge is -2.60. The Morgan fingerprint density at radius 1 is 0.750 bits per heavy atom. The molecule has 3 heterocycles. The van der Waals surface area contributed by atoms with E-state index in [1.807, 2.05) is 48.5 Å². The number of quaternary nitrogens is 1. The molecule has 0 aromatic heterocycles. The third-order valence-electron chi connectivity index (χ3n) is 7.85. The zero-order valence-electron chi connectivity index (χ0n) is 18.0. The van der Waals surface area contributed by atoms with Crippen molar-refractivity contribution in [1.29, 1.82) is 0 Å².